The van der Waals surface area contributed by atoms with E-state index in [1.807, 2.05) is 54.6 Å². The van der Waals surface area contributed by atoms with Gasteiger partial charge in [-0.25, -0.2) is 0 Å². The summed E-state index contributed by atoms with van der Waals surface area (Å²) in [6, 6.07) is 17.9. The van der Waals surface area contributed by atoms with Crippen LogP contribution in [0, 0.1) is 5.41 Å². The van der Waals surface area contributed by atoms with Crippen molar-refractivity contribution in [1.29, 1.82) is 0 Å². The molecule has 0 radical (unpaired) electrons. The summed E-state index contributed by atoms with van der Waals surface area (Å²) < 4.78 is 1.01. The molecule has 0 aliphatic rings. The SMILES string of the molecule is OCC(CO)(Cc1ccccc1)Cc1ccccc1Br. The van der Waals surface area contributed by atoms with Crippen molar-refractivity contribution in [2.24, 2.45) is 5.41 Å². The van der Waals surface area contributed by atoms with Crippen molar-refractivity contribution in [3.63, 3.8) is 0 Å². The van der Waals surface area contributed by atoms with E-state index in [2.05, 4.69) is 15.9 Å². The second-order valence-corrected chi connectivity index (χ2v) is 6.10. The highest BCUT2D eigenvalue weighted by Crippen LogP contribution is 2.30. The van der Waals surface area contributed by atoms with Crippen LogP contribution in [0.5, 0.6) is 0 Å². The number of aliphatic hydroxyl groups excluding tert-OH is 2. The molecule has 0 bridgehead atoms. The fraction of sp³-hybridized carbons (Fsp3) is 0.294. The number of benzene rings is 2. The minimum atomic E-state index is -0.536. The second kappa shape index (κ2) is 7.02. The molecule has 0 atom stereocenters. The van der Waals surface area contributed by atoms with Crippen molar-refractivity contribution in [1.82, 2.24) is 0 Å². The quantitative estimate of drug-likeness (QED) is 0.851. The van der Waals surface area contributed by atoms with Crippen LogP contribution in [0.1, 0.15) is 11.1 Å². The maximum absolute atomic E-state index is 9.81. The van der Waals surface area contributed by atoms with Crippen LogP contribution in [-0.4, -0.2) is 23.4 Å². The highest BCUT2D eigenvalue weighted by atomic mass is 79.9. The maximum atomic E-state index is 9.81. The smallest absolute Gasteiger partial charge is 0.0515 e. The second-order valence-electron chi connectivity index (χ2n) is 5.25. The first-order chi connectivity index (χ1) is 9.69. The molecule has 2 N–H and O–H groups in total. The molecule has 0 spiro atoms. The number of halogens is 1. The third-order valence-corrected chi connectivity index (χ3v) is 4.39. The van der Waals surface area contributed by atoms with Gasteiger partial charge in [-0.05, 0) is 30.0 Å². The van der Waals surface area contributed by atoms with Crippen molar-refractivity contribution >= 4 is 15.9 Å². The van der Waals surface area contributed by atoms with Crippen LogP contribution in [-0.2, 0) is 12.8 Å². The lowest BCUT2D eigenvalue weighted by molar-refractivity contribution is 0.0546. The van der Waals surface area contributed by atoms with E-state index in [0.717, 1.165) is 15.6 Å². The van der Waals surface area contributed by atoms with Gasteiger partial charge in [0.2, 0.25) is 0 Å². The van der Waals surface area contributed by atoms with Gasteiger partial charge in [-0.2, -0.15) is 0 Å². The van der Waals surface area contributed by atoms with E-state index in [-0.39, 0.29) is 13.2 Å². The molecule has 0 aromatic heterocycles. The topological polar surface area (TPSA) is 40.5 Å². The van der Waals surface area contributed by atoms with Crippen molar-refractivity contribution in [3.8, 4) is 0 Å². The first-order valence-electron chi connectivity index (χ1n) is 6.68. The Morgan fingerprint density at radius 3 is 2.00 bits per heavy atom. The van der Waals surface area contributed by atoms with Crippen molar-refractivity contribution < 1.29 is 10.2 Å². The molecule has 0 amide bonds. The average molecular weight is 335 g/mol. The van der Waals surface area contributed by atoms with E-state index >= 15 is 0 Å². The zero-order chi connectivity index (χ0) is 14.4. The molecule has 0 saturated carbocycles. The van der Waals surface area contributed by atoms with E-state index in [1.54, 1.807) is 0 Å². The summed E-state index contributed by atoms with van der Waals surface area (Å²) in [5.41, 5.74) is 1.69. The molecule has 2 rings (SSSR count). The Bertz CT molecular complexity index is 536. The van der Waals surface area contributed by atoms with Crippen LogP contribution in [0.2, 0.25) is 0 Å². The zero-order valence-corrected chi connectivity index (χ0v) is 12.9. The van der Waals surface area contributed by atoms with Gasteiger partial charge in [0.25, 0.3) is 0 Å². The minimum Gasteiger partial charge on any atom is -0.396 e. The molecule has 0 unspecified atom stereocenters. The minimum absolute atomic E-state index is 0.0419. The Hall–Kier alpha value is -1.16. The van der Waals surface area contributed by atoms with Crippen LogP contribution < -0.4 is 0 Å². The monoisotopic (exact) mass is 334 g/mol. The zero-order valence-electron chi connectivity index (χ0n) is 11.3. The molecule has 0 heterocycles. The van der Waals surface area contributed by atoms with Gasteiger partial charge in [0.15, 0.2) is 0 Å². The molecular formula is C17H19BrO2. The Labute approximate surface area is 128 Å². The lowest BCUT2D eigenvalue weighted by atomic mass is 9.78. The molecule has 20 heavy (non-hydrogen) atoms. The molecule has 0 saturated heterocycles. The van der Waals surface area contributed by atoms with Gasteiger partial charge in [-0.3, -0.25) is 0 Å². The first-order valence-corrected chi connectivity index (χ1v) is 7.47. The van der Waals surface area contributed by atoms with Gasteiger partial charge in [-0.15, -0.1) is 0 Å². The number of aliphatic hydroxyl groups is 2. The number of rotatable bonds is 6. The molecule has 0 aliphatic heterocycles. The van der Waals surface area contributed by atoms with Gasteiger partial charge >= 0.3 is 0 Å². The molecule has 106 valence electrons. The summed E-state index contributed by atoms with van der Waals surface area (Å²) in [6.07, 6.45) is 1.29. The van der Waals surface area contributed by atoms with Gasteiger partial charge in [0.05, 0.1) is 13.2 Å². The summed E-state index contributed by atoms with van der Waals surface area (Å²) in [7, 11) is 0. The fourth-order valence-corrected chi connectivity index (χ4v) is 2.84. The summed E-state index contributed by atoms with van der Waals surface area (Å²) in [4.78, 5) is 0. The number of hydrogen-bond acceptors (Lipinski definition) is 2. The third-order valence-electron chi connectivity index (χ3n) is 3.62. The van der Waals surface area contributed by atoms with Gasteiger partial charge < -0.3 is 10.2 Å². The van der Waals surface area contributed by atoms with E-state index in [4.69, 9.17) is 0 Å². The van der Waals surface area contributed by atoms with Gasteiger partial charge in [-0.1, -0.05) is 64.5 Å². The van der Waals surface area contributed by atoms with Crippen molar-refractivity contribution in [2.45, 2.75) is 12.8 Å². The summed E-state index contributed by atoms with van der Waals surface area (Å²) >= 11 is 3.53. The van der Waals surface area contributed by atoms with Crippen LogP contribution in [0.3, 0.4) is 0 Å². The average Bonchev–Trinajstić information content (AvgIpc) is 2.50. The van der Waals surface area contributed by atoms with Crippen LogP contribution in [0.15, 0.2) is 59.1 Å². The largest absolute Gasteiger partial charge is 0.396 e. The Morgan fingerprint density at radius 1 is 0.800 bits per heavy atom. The highest BCUT2D eigenvalue weighted by molar-refractivity contribution is 9.10. The molecule has 2 aromatic carbocycles. The Balaban J connectivity index is 2.23. The molecule has 0 aliphatic carbocycles. The summed E-state index contributed by atoms with van der Waals surface area (Å²) in [5.74, 6) is 0. The first kappa shape index (κ1) is 15.2. The lowest BCUT2D eigenvalue weighted by Gasteiger charge is -2.30. The van der Waals surface area contributed by atoms with Crippen LogP contribution >= 0.6 is 15.9 Å². The normalized spacial score (nSPS) is 11.6. The molecule has 2 aromatic rings. The summed E-state index contributed by atoms with van der Waals surface area (Å²) in [5, 5.41) is 19.6. The fourth-order valence-electron chi connectivity index (χ4n) is 2.41. The predicted octanol–water partition coefficient (Wildman–Crippen LogP) is 3.21. The number of hydrogen-bond donors (Lipinski definition) is 2. The Kier molecular flexibility index (Phi) is 5.35. The van der Waals surface area contributed by atoms with E-state index in [9.17, 15) is 10.2 Å². The Morgan fingerprint density at radius 2 is 1.40 bits per heavy atom. The highest BCUT2D eigenvalue weighted by Gasteiger charge is 2.30. The molecule has 0 fully saturated rings. The molecular weight excluding hydrogens is 316 g/mol. The van der Waals surface area contributed by atoms with Gasteiger partial charge in [0, 0.05) is 9.89 Å². The predicted molar refractivity (Wildman–Crippen MR) is 84.6 cm³/mol. The van der Waals surface area contributed by atoms with Crippen molar-refractivity contribution in [3.05, 3.63) is 70.2 Å². The molecule has 3 heteroatoms. The maximum Gasteiger partial charge on any atom is 0.0515 e. The standard InChI is InChI=1S/C17H19BrO2/c18-16-9-5-4-8-15(16)11-17(12-19,13-20)10-14-6-2-1-3-7-14/h1-9,19-20H,10-13H2. The third kappa shape index (κ3) is 3.69. The van der Waals surface area contributed by atoms with Gasteiger partial charge in [0.1, 0.15) is 0 Å². The van der Waals surface area contributed by atoms with Crippen LogP contribution in [0.4, 0.5) is 0 Å². The lowest BCUT2D eigenvalue weighted by Crippen LogP contribution is -2.35. The van der Waals surface area contributed by atoms with Crippen molar-refractivity contribution in [2.75, 3.05) is 13.2 Å². The van der Waals surface area contributed by atoms with E-state index in [0.29, 0.717) is 12.8 Å². The molecule has 2 nitrogen and oxygen atoms in total. The van der Waals surface area contributed by atoms with Crippen LogP contribution in [0.25, 0.3) is 0 Å². The summed E-state index contributed by atoms with van der Waals surface area (Å²) in [6.45, 7) is -0.0839. The van der Waals surface area contributed by atoms with E-state index < -0.39 is 5.41 Å². The van der Waals surface area contributed by atoms with E-state index in [1.165, 1.54) is 0 Å².